The Bertz CT molecular complexity index is 765. The van der Waals surface area contributed by atoms with Gasteiger partial charge in [-0.05, 0) is 12.1 Å². The van der Waals surface area contributed by atoms with Gasteiger partial charge in [-0.2, -0.15) is 4.52 Å². The first-order chi connectivity index (χ1) is 9.13. The van der Waals surface area contributed by atoms with Crippen LogP contribution in [0.5, 0.6) is 0 Å². The summed E-state index contributed by atoms with van der Waals surface area (Å²) in [6, 6.07) is 6.02. The van der Waals surface area contributed by atoms with Crippen molar-refractivity contribution in [3.63, 3.8) is 0 Å². The van der Waals surface area contributed by atoms with Crippen LogP contribution in [0.1, 0.15) is 6.92 Å². The normalized spacial score (nSPS) is 10.8. The summed E-state index contributed by atoms with van der Waals surface area (Å²) in [5.41, 5.74) is 0.576. The van der Waals surface area contributed by atoms with Gasteiger partial charge in [0.15, 0.2) is 5.82 Å². The molecule has 0 aliphatic heterocycles. The number of hydrogen-bond donors (Lipinski definition) is 1. The van der Waals surface area contributed by atoms with Crippen molar-refractivity contribution < 1.29 is 9.18 Å². The summed E-state index contributed by atoms with van der Waals surface area (Å²) in [5, 5.41) is 15.1. The molecule has 2 aromatic heterocycles. The predicted molar refractivity (Wildman–Crippen MR) is 68.4 cm³/mol. The second-order valence-electron chi connectivity index (χ2n) is 3.82. The second kappa shape index (κ2) is 4.39. The van der Waals surface area contributed by atoms with Crippen LogP contribution in [-0.4, -0.2) is 25.7 Å². The Balaban J connectivity index is 2.09. The van der Waals surface area contributed by atoms with Gasteiger partial charge in [0.05, 0.1) is 0 Å². The third-order valence-corrected chi connectivity index (χ3v) is 3.17. The zero-order chi connectivity index (χ0) is 13.4. The van der Waals surface area contributed by atoms with E-state index in [0.717, 1.165) is 0 Å². The Labute approximate surface area is 110 Å². The van der Waals surface area contributed by atoms with Gasteiger partial charge in [0.1, 0.15) is 5.82 Å². The van der Waals surface area contributed by atoms with Crippen LogP contribution in [0.25, 0.3) is 16.3 Å². The molecule has 6 nitrogen and oxygen atoms in total. The van der Waals surface area contributed by atoms with E-state index >= 15 is 0 Å². The Kier molecular flexibility index (Phi) is 2.71. The highest BCUT2D eigenvalue weighted by Crippen LogP contribution is 2.24. The molecule has 0 atom stereocenters. The first-order valence-electron chi connectivity index (χ1n) is 5.39. The first-order valence-corrected chi connectivity index (χ1v) is 6.21. The zero-order valence-electron chi connectivity index (χ0n) is 9.79. The van der Waals surface area contributed by atoms with E-state index in [1.807, 2.05) is 0 Å². The van der Waals surface area contributed by atoms with Gasteiger partial charge in [0.25, 0.3) is 0 Å². The number of aromatic nitrogens is 4. The molecule has 96 valence electrons. The molecule has 3 rings (SSSR count). The molecule has 2 heterocycles. The number of nitrogens with one attached hydrogen (secondary N) is 1. The van der Waals surface area contributed by atoms with Gasteiger partial charge in [-0.3, -0.25) is 4.79 Å². The molecule has 1 amide bonds. The van der Waals surface area contributed by atoms with Crippen LogP contribution in [0, 0.1) is 5.82 Å². The molecule has 0 fully saturated rings. The van der Waals surface area contributed by atoms with Crippen molar-refractivity contribution in [1.82, 2.24) is 19.8 Å². The van der Waals surface area contributed by atoms with E-state index in [-0.39, 0.29) is 11.7 Å². The molecular formula is C11H8FN5OS. The van der Waals surface area contributed by atoms with Crippen molar-refractivity contribution >= 4 is 27.3 Å². The number of hydrogen-bond acceptors (Lipinski definition) is 5. The number of carbonyl (C=O) groups excluding carboxylic acids is 1. The average molecular weight is 277 g/mol. The molecule has 1 N–H and O–H groups in total. The fourth-order valence-corrected chi connectivity index (χ4v) is 2.41. The van der Waals surface area contributed by atoms with Crippen molar-refractivity contribution in [2.45, 2.75) is 6.92 Å². The highest BCUT2D eigenvalue weighted by Gasteiger charge is 2.14. The van der Waals surface area contributed by atoms with Crippen molar-refractivity contribution in [2.75, 3.05) is 5.32 Å². The molecule has 0 unspecified atom stereocenters. The lowest BCUT2D eigenvalue weighted by atomic mass is 10.2. The zero-order valence-corrected chi connectivity index (χ0v) is 10.6. The van der Waals surface area contributed by atoms with Crippen molar-refractivity contribution in [3.05, 3.63) is 30.1 Å². The Morgan fingerprint density at radius 1 is 1.42 bits per heavy atom. The summed E-state index contributed by atoms with van der Waals surface area (Å²) in [6.45, 7) is 1.40. The minimum absolute atomic E-state index is 0.211. The number of nitrogens with zero attached hydrogens (tertiary/aromatic N) is 4. The van der Waals surface area contributed by atoms with E-state index in [1.54, 1.807) is 12.1 Å². The largest absolute Gasteiger partial charge is 0.301 e. The average Bonchev–Trinajstić information content (AvgIpc) is 2.87. The van der Waals surface area contributed by atoms with Gasteiger partial charge < -0.3 is 5.32 Å². The maximum atomic E-state index is 13.2. The van der Waals surface area contributed by atoms with Gasteiger partial charge in [0, 0.05) is 12.5 Å². The van der Waals surface area contributed by atoms with Crippen molar-refractivity contribution in [1.29, 1.82) is 0 Å². The number of carbonyl (C=O) groups is 1. The van der Waals surface area contributed by atoms with Gasteiger partial charge in [-0.25, -0.2) is 4.39 Å². The predicted octanol–water partition coefficient (Wildman–Crippen LogP) is 1.95. The SMILES string of the molecule is CC(=O)Nc1nn2c(-c3cccc(F)c3)nnc2s1. The van der Waals surface area contributed by atoms with Gasteiger partial charge in [-0.15, -0.1) is 15.3 Å². The van der Waals surface area contributed by atoms with Crippen LogP contribution in [0.15, 0.2) is 24.3 Å². The smallest absolute Gasteiger partial charge is 0.236 e. The summed E-state index contributed by atoms with van der Waals surface area (Å²) >= 11 is 1.20. The number of rotatable bonds is 2. The van der Waals surface area contributed by atoms with Gasteiger partial charge in [0.2, 0.25) is 16.0 Å². The fraction of sp³-hybridized carbons (Fsp3) is 0.0909. The van der Waals surface area contributed by atoms with E-state index in [0.29, 0.717) is 21.5 Å². The standard InChI is InChI=1S/C11H8FN5OS/c1-6(18)13-10-16-17-9(14-15-11(17)19-10)7-3-2-4-8(12)5-7/h2-5H,1H3,(H,13,16,18). The van der Waals surface area contributed by atoms with Crippen LogP contribution in [0.2, 0.25) is 0 Å². The summed E-state index contributed by atoms with van der Waals surface area (Å²) < 4.78 is 14.7. The quantitative estimate of drug-likeness (QED) is 0.777. The van der Waals surface area contributed by atoms with E-state index < -0.39 is 0 Å². The summed E-state index contributed by atoms with van der Waals surface area (Å²) in [7, 11) is 0. The Morgan fingerprint density at radius 2 is 2.26 bits per heavy atom. The minimum atomic E-state index is -0.355. The molecule has 0 aliphatic rings. The summed E-state index contributed by atoms with van der Waals surface area (Å²) in [5.74, 6) is -0.133. The third-order valence-electron chi connectivity index (χ3n) is 2.36. The number of fused-ring (bicyclic) bond motifs is 1. The van der Waals surface area contributed by atoms with E-state index in [1.165, 1.54) is 34.9 Å². The first kappa shape index (κ1) is 11.7. The number of halogens is 1. The highest BCUT2D eigenvalue weighted by molar-refractivity contribution is 7.20. The van der Waals surface area contributed by atoms with Crippen LogP contribution in [-0.2, 0) is 4.79 Å². The fourth-order valence-electron chi connectivity index (χ4n) is 1.63. The minimum Gasteiger partial charge on any atom is -0.301 e. The summed E-state index contributed by atoms with van der Waals surface area (Å²) in [4.78, 5) is 11.5. The maximum absolute atomic E-state index is 13.2. The number of anilines is 1. The van der Waals surface area contributed by atoms with Crippen LogP contribution in [0.3, 0.4) is 0 Å². The molecule has 0 spiro atoms. The number of benzene rings is 1. The maximum Gasteiger partial charge on any atom is 0.236 e. The Morgan fingerprint density at radius 3 is 3.00 bits per heavy atom. The number of amides is 1. The molecule has 0 saturated heterocycles. The van der Waals surface area contributed by atoms with Crippen LogP contribution in [0.4, 0.5) is 9.52 Å². The van der Waals surface area contributed by atoms with Gasteiger partial charge >= 0.3 is 0 Å². The lowest BCUT2D eigenvalue weighted by molar-refractivity contribution is -0.114. The molecule has 8 heteroatoms. The van der Waals surface area contributed by atoms with Crippen LogP contribution < -0.4 is 5.32 Å². The summed E-state index contributed by atoms with van der Waals surface area (Å²) in [6.07, 6.45) is 0. The molecule has 3 aromatic rings. The van der Waals surface area contributed by atoms with E-state index in [4.69, 9.17) is 0 Å². The highest BCUT2D eigenvalue weighted by atomic mass is 32.1. The molecule has 19 heavy (non-hydrogen) atoms. The molecule has 0 radical (unpaired) electrons. The monoisotopic (exact) mass is 277 g/mol. The molecular weight excluding hydrogens is 269 g/mol. The third kappa shape index (κ3) is 2.17. The lowest BCUT2D eigenvalue weighted by Crippen LogP contribution is -2.05. The lowest BCUT2D eigenvalue weighted by Gasteiger charge is -1.97. The van der Waals surface area contributed by atoms with Crippen molar-refractivity contribution in [2.24, 2.45) is 0 Å². The van der Waals surface area contributed by atoms with Crippen LogP contribution >= 0.6 is 11.3 Å². The Hall–Kier alpha value is -2.35. The topological polar surface area (TPSA) is 72.2 Å². The van der Waals surface area contributed by atoms with E-state index in [9.17, 15) is 9.18 Å². The molecule has 1 aromatic carbocycles. The molecule has 0 aliphatic carbocycles. The molecule has 0 saturated carbocycles. The van der Waals surface area contributed by atoms with Crippen molar-refractivity contribution in [3.8, 4) is 11.4 Å². The van der Waals surface area contributed by atoms with E-state index in [2.05, 4.69) is 20.6 Å². The molecule has 0 bridgehead atoms. The van der Waals surface area contributed by atoms with Gasteiger partial charge in [-0.1, -0.05) is 23.5 Å². The second-order valence-corrected chi connectivity index (χ2v) is 4.77.